The zero-order valence-corrected chi connectivity index (χ0v) is 12.7. The number of amides is 1. The van der Waals surface area contributed by atoms with Gasteiger partial charge in [-0.05, 0) is 19.3 Å². The van der Waals surface area contributed by atoms with Crippen LogP contribution < -0.4 is 5.32 Å². The van der Waals surface area contributed by atoms with Crippen LogP contribution in [0.4, 0.5) is 5.13 Å². The monoisotopic (exact) mass is 304 g/mol. The Morgan fingerprint density at radius 2 is 2.24 bits per heavy atom. The molecule has 1 aliphatic carbocycles. The first-order valence-corrected chi connectivity index (χ1v) is 7.65. The van der Waals surface area contributed by atoms with Crippen molar-refractivity contribution < 1.29 is 9.59 Å². The molecule has 2 aromatic rings. The van der Waals surface area contributed by atoms with Crippen molar-refractivity contribution in [1.29, 1.82) is 0 Å². The highest BCUT2D eigenvalue weighted by molar-refractivity contribution is 7.17. The van der Waals surface area contributed by atoms with E-state index in [2.05, 4.69) is 15.3 Å². The summed E-state index contributed by atoms with van der Waals surface area (Å²) in [6.07, 6.45) is 5.98. The summed E-state index contributed by atoms with van der Waals surface area (Å²) in [5, 5.41) is 3.27. The van der Waals surface area contributed by atoms with Crippen LogP contribution in [-0.4, -0.2) is 26.2 Å². The van der Waals surface area contributed by atoms with Gasteiger partial charge in [0, 0.05) is 19.7 Å². The van der Waals surface area contributed by atoms with Crippen LogP contribution in [0.5, 0.6) is 0 Å². The van der Waals surface area contributed by atoms with Gasteiger partial charge in [-0.1, -0.05) is 11.3 Å². The van der Waals surface area contributed by atoms with Gasteiger partial charge in [0.2, 0.25) is 5.91 Å². The molecule has 0 aliphatic heterocycles. The van der Waals surface area contributed by atoms with E-state index in [4.69, 9.17) is 0 Å². The van der Waals surface area contributed by atoms with Gasteiger partial charge in [0.15, 0.2) is 10.9 Å². The van der Waals surface area contributed by atoms with Crippen LogP contribution in [-0.2, 0) is 18.3 Å². The number of nitrogens with one attached hydrogen (secondary N) is 1. The lowest BCUT2D eigenvalue weighted by Gasteiger charge is -2.20. The molecule has 7 heteroatoms. The normalized spacial score (nSPS) is 17.3. The van der Waals surface area contributed by atoms with E-state index in [0.29, 0.717) is 10.0 Å². The molecule has 0 saturated carbocycles. The summed E-state index contributed by atoms with van der Waals surface area (Å²) >= 11 is 1.20. The lowest BCUT2D eigenvalue weighted by molar-refractivity contribution is -0.118. The summed E-state index contributed by atoms with van der Waals surface area (Å²) in [4.78, 5) is 32.7. The number of imidazole rings is 1. The number of aryl methyl sites for hydroxylation is 1. The second-order valence-corrected chi connectivity index (χ2v) is 6.24. The molecule has 0 bridgehead atoms. The quantitative estimate of drug-likeness (QED) is 0.881. The largest absolute Gasteiger partial charge is 0.337 e. The van der Waals surface area contributed by atoms with Gasteiger partial charge in [0.1, 0.15) is 0 Å². The molecule has 3 rings (SSSR count). The summed E-state index contributed by atoms with van der Waals surface area (Å²) in [5.41, 5.74) is 1.99. The molecular formula is C14H16N4O2S. The molecule has 2 aromatic heterocycles. The number of Topliss-reactive ketones (excluding diaryl/α,β-unsaturated/α-hetero) is 1. The molecule has 0 radical (unpaired) electrons. The van der Waals surface area contributed by atoms with Crippen molar-refractivity contribution in [2.75, 3.05) is 5.32 Å². The summed E-state index contributed by atoms with van der Waals surface area (Å²) in [6.45, 7) is 1.49. The van der Waals surface area contributed by atoms with E-state index in [0.717, 1.165) is 30.7 Å². The van der Waals surface area contributed by atoms with E-state index in [1.807, 2.05) is 11.6 Å². The van der Waals surface area contributed by atoms with Crippen molar-refractivity contribution in [2.45, 2.75) is 32.1 Å². The zero-order chi connectivity index (χ0) is 15.0. The van der Waals surface area contributed by atoms with Gasteiger partial charge < -0.3 is 9.88 Å². The fourth-order valence-electron chi connectivity index (χ4n) is 2.62. The number of ketones is 1. The highest BCUT2D eigenvalue weighted by Crippen LogP contribution is 2.31. The average molecular weight is 304 g/mol. The van der Waals surface area contributed by atoms with E-state index in [-0.39, 0.29) is 17.6 Å². The molecule has 1 N–H and O–H groups in total. The van der Waals surface area contributed by atoms with Crippen LogP contribution in [0.1, 0.15) is 46.7 Å². The van der Waals surface area contributed by atoms with Crippen molar-refractivity contribution >= 4 is 28.2 Å². The Morgan fingerprint density at radius 3 is 2.95 bits per heavy atom. The molecule has 110 valence electrons. The molecule has 2 heterocycles. The van der Waals surface area contributed by atoms with Crippen LogP contribution in [0.15, 0.2) is 12.5 Å². The van der Waals surface area contributed by atoms with Gasteiger partial charge in [0.05, 0.1) is 29.0 Å². The second-order valence-electron chi connectivity index (χ2n) is 5.21. The first-order valence-electron chi connectivity index (χ1n) is 6.84. The van der Waals surface area contributed by atoms with Crippen molar-refractivity contribution in [3.63, 3.8) is 0 Å². The van der Waals surface area contributed by atoms with Crippen LogP contribution in [0.2, 0.25) is 0 Å². The van der Waals surface area contributed by atoms with E-state index in [1.54, 1.807) is 6.33 Å². The number of carbonyl (C=O) groups is 2. The molecule has 0 spiro atoms. The highest BCUT2D eigenvalue weighted by atomic mass is 32.1. The van der Waals surface area contributed by atoms with Crippen LogP contribution in [0.3, 0.4) is 0 Å². The predicted octanol–water partition coefficient (Wildman–Crippen LogP) is 2.14. The van der Waals surface area contributed by atoms with Crippen LogP contribution in [0.25, 0.3) is 0 Å². The van der Waals surface area contributed by atoms with Gasteiger partial charge in [-0.15, -0.1) is 0 Å². The Balaban J connectivity index is 1.78. The molecule has 1 aliphatic rings. The van der Waals surface area contributed by atoms with Gasteiger partial charge in [-0.3, -0.25) is 9.59 Å². The molecule has 0 saturated heterocycles. The fraction of sp³-hybridized carbons (Fsp3) is 0.429. The predicted molar refractivity (Wildman–Crippen MR) is 79.6 cm³/mol. The number of thiazole rings is 1. The number of aromatic nitrogens is 3. The molecule has 1 amide bonds. The van der Waals surface area contributed by atoms with Crippen LogP contribution >= 0.6 is 11.3 Å². The van der Waals surface area contributed by atoms with Crippen molar-refractivity contribution in [3.8, 4) is 0 Å². The van der Waals surface area contributed by atoms with Crippen molar-refractivity contribution in [2.24, 2.45) is 7.05 Å². The first-order chi connectivity index (χ1) is 10.1. The standard InChI is InChI=1S/C14H16N4O2S/c1-8(19)11-6-15-14(21-11)17-13(20)9-4-3-5-10-12(9)16-7-18(10)2/h6-7,9H,3-5H2,1-2H3,(H,15,17,20). The maximum absolute atomic E-state index is 12.4. The van der Waals surface area contributed by atoms with E-state index in [9.17, 15) is 9.59 Å². The van der Waals surface area contributed by atoms with Crippen molar-refractivity contribution in [3.05, 3.63) is 28.8 Å². The minimum atomic E-state index is -0.236. The maximum Gasteiger partial charge on any atom is 0.235 e. The number of fused-ring (bicyclic) bond motifs is 1. The average Bonchev–Trinajstić information content (AvgIpc) is 3.06. The molecule has 0 aromatic carbocycles. The van der Waals surface area contributed by atoms with Gasteiger partial charge in [-0.25, -0.2) is 9.97 Å². The lowest BCUT2D eigenvalue weighted by atomic mass is 9.89. The van der Waals surface area contributed by atoms with Crippen LogP contribution in [0, 0.1) is 0 Å². The summed E-state index contributed by atoms with van der Waals surface area (Å²) in [7, 11) is 1.95. The van der Waals surface area contributed by atoms with E-state index in [1.165, 1.54) is 24.5 Å². The molecule has 21 heavy (non-hydrogen) atoms. The maximum atomic E-state index is 12.4. The summed E-state index contributed by atoms with van der Waals surface area (Å²) in [5.74, 6) is -0.378. The molecule has 6 nitrogen and oxygen atoms in total. The zero-order valence-electron chi connectivity index (χ0n) is 11.9. The lowest BCUT2D eigenvalue weighted by Crippen LogP contribution is -2.25. The Bertz CT molecular complexity index is 704. The highest BCUT2D eigenvalue weighted by Gasteiger charge is 2.30. The number of carbonyl (C=O) groups excluding carboxylic acids is 2. The Kier molecular flexibility index (Phi) is 3.59. The Morgan fingerprint density at radius 1 is 1.43 bits per heavy atom. The third-order valence-electron chi connectivity index (χ3n) is 3.73. The first kappa shape index (κ1) is 13.9. The molecule has 1 unspecified atom stereocenters. The Labute approximate surface area is 126 Å². The SMILES string of the molecule is CC(=O)c1cnc(NC(=O)C2CCCc3c2ncn3C)s1. The number of anilines is 1. The molecule has 0 fully saturated rings. The minimum absolute atomic E-state index is 0.0438. The molecule has 1 atom stereocenters. The summed E-state index contributed by atoms with van der Waals surface area (Å²) < 4.78 is 1.98. The topological polar surface area (TPSA) is 76.9 Å². The third-order valence-corrected chi connectivity index (χ3v) is 4.74. The third kappa shape index (κ3) is 2.61. The Hall–Kier alpha value is -2.02. The number of rotatable bonds is 3. The smallest absolute Gasteiger partial charge is 0.235 e. The number of hydrogen-bond acceptors (Lipinski definition) is 5. The van der Waals surface area contributed by atoms with E-state index < -0.39 is 0 Å². The minimum Gasteiger partial charge on any atom is -0.337 e. The summed E-state index contributed by atoms with van der Waals surface area (Å²) in [6, 6.07) is 0. The van der Waals surface area contributed by atoms with Crippen molar-refractivity contribution in [1.82, 2.24) is 14.5 Å². The number of hydrogen-bond donors (Lipinski definition) is 1. The fourth-order valence-corrected chi connectivity index (χ4v) is 3.34. The van der Waals surface area contributed by atoms with Gasteiger partial charge >= 0.3 is 0 Å². The molecular weight excluding hydrogens is 288 g/mol. The second kappa shape index (κ2) is 5.40. The van der Waals surface area contributed by atoms with E-state index >= 15 is 0 Å². The van der Waals surface area contributed by atoms with Gasteiger partial charge in [-0.2, -0.15) is 0 Å². The van der Waals surface area contributed by atoms with Gasteiger partial charge in [0.25, 0.3) is 0 Å². The number of nitrogens with zero attached hydrogens (tertiary/aromatic N) is 3.